The minimum absolute atomic E-state index is 0.0602. The van der Waals surface area contributed by atoms with Crippen LogP contribution in [0.15, 0.2) is 12.7 Å². The van der Waals surface area contributed by atoms with Gasteiger partial charge in [-0.2, -0.15) is 0 Å². The molecular weight excluding hydrogens is 162 g/mol. The topological polar surface area (TPSA) is 88.2 Å². The Morgan fingerprint density at radius 2 is 2.08 bits per heavy atom. The van der Waals surface area contributed by atoms with Crippen LogP contribution in [0.1, 0.15) is 6.92 Å². The molecule has 1 aromatic rings. The van der Waals surface area contributed by atoms with Crippen LogP contribution in [0, 0.1) is 0 Å². The van der Waals surface area contributed by atoms with Crippen LogP contribution in [0.4, 0.5) is 0 Å². The summed E-state index contributed by atoms with van der Waals surface area (Å²) in [5, 5.41) is 24.8. The van der Waals surface area contributed by atoms with E-state index in [1.54, 1.807) is 0 Å². The number of carboxylic acid groups (broad SMARTS) is 1. The lowest BCUT2D eigenvalue weighted by Crippen LogP contribution is -2.39. The Labute approximate surface area is 68.5 Å². The summed E-state index contributed by atoms with van der Waals surface area (Å²) < 4.78 is 1.40. The third-order valence-corrected chi connectivity index (χ3v) is 1.42. The van der Waals surface area contributed by atoms with E-state index in [0.29, 0.717) is 0 Å². The number of aromatic nitrogens is 3. The Morgan fingerprint density at radius 1 is 1.58 bits per heavy atom. The summed E-state index contributed by atoms with van der Waals surface area (Å²) in [5.41, 5.74) is -1.78. The predicted molar refractivity (Wildman–Crippen MR) is 38.3 cm³/mol. The molecule has 0 aromatic carbocycles. The molecule has 1 rings (SSSR count). The zero-order valence-electron chi connectivity index (χ0n) is 6.51. The molecule has 0 fully saturated rings. The monoisotopic (exact) mass is 171 g/mol. The molecule has 0 aliphatic rings. The lowest BCUT2D eigenvalue weighted by atomic mass is 10.1. The first kappa shape index (κ1) is 8.66. The van der Waals surface area contributed by atoms with Crippen LogP contribution in [0.3, 0.4) is 0 Å². The SMILES string of the molecule is CC(O)(Cn1cnnc1)C(=O)O. The maximum atomic E-state index is 10.4. The molecule has 0 saturated heterocycles. The zero-order valence-corrected chi connectivity index (χ0v) is 6.51. The van der Waals surface area contributed by atoms with Gasteiger partial charge >= 0.3 is 5.97 Å². The molecule has 0 spiro atoms. The number of hydrogen-bond donors (Lipinski definition) is 2. The second kappa shape index (κ2) is 2.90. The number of carboxylic acids is 1. The van der Waals surface area contributed by atoms with Crippen LogP contribution in [0.5, 0.6) is 0 Å². The second-order valence-corrected chi connectivity index (χ2v) is 2.71. The van der Waals surface area contributed by atoms with Crippen LogP contribution in [0.2, 0.25) is 0 Å². The van der Waals surface area contributed by atoms with Crippen molar-refractivity contribution in [1.29, 1.82) is 0 Å². The normalized spacial score (nSPS) is 15.5. The number of aliphatic carboxylic acids is 1. The summed E-state index contributed by atoms with van der Waals surface area (Å²) in [6, 6.07) is 0. The van der Waals surface area contributed by atoms with Gasteiger partial charge in [-0.1, -0.05) is 0 Å². The van der Waals surface area contributed by atoms with E-state index >= 15 is 0 Å². The fourth-order valence-corrected chi connectivity index (χ4v) is 0.727. The molecule has 2 N–H and O–H groups in total. The van der Waals surface area contributed by atoms with E-state index in [9.17, 15) is 9.90 Å². The van der Waals surface area contributed by atoms with Crippen molar-refractivity contribution in [3.05, 3.63) is 12.7 Å². The first-order valence-corrected chi connectivity index (χ1v) is 3.30. The quantitative estimate of drug-likeness (QED) is 0.616. The highest BCUT2D eigenvalue weighted by Gasteiger charge is 2.30. The van der Waals surface area contributed by atoms with Gasteiger partial charge in [-0.15, -0.1) is 10.2 Å². The van der Waals surface area contributed by atoms with Crippen molar-refractivity contribution in [3.63, 3.8) is 0 Å². The van der Waals surface area contributed by atoms with Crippen molar-refractivity contribution < 1.29 is 15.0 Å². The van der Waals surface area contributed by atoms with Crippen molar-refractivity contribution >= 4 is 5.97 Å². The molecule has 0 aliphatic carbocycles. The van der Waals surface area contributed by atoms with Gasteiger partial charge in [0.1, 0.15) is 12.7 Å². The summed E-state index contributed by atoms with van der Waals surface area (Å²) in [6.45, 7) is 1.16. The van der Waals surface area contributed by atoms with Gasteiger partial charge in [-0.05, 0) is 6.92 Å². The maximum Gasteiger partial charge on any atom is 0.337 e. The summed E-state index contributed by atoms with van der Waals surface area (Å²) in [6.07, 6.45) is 2.69. The summed E-state index contributed by atoms with van der Waals surface area (Å²) in [5.74, 6) is -1.27. The standard InChI is InChI=1S/C6H9N3O3/c1-6(12,5(10)11)2-9-3-7-8-4-9/h3-4,12H,2H2,1H3,(H,10,11). The highest BCUT2D eigenvalue weighted by Crippen LogP contribution is 2.06. The summed E-state index contributed by atoms with van der Waals surface area (Å²) in [4.78, 5) is 10.4. The van der Waals surface area contributed by atoms with Crippen molar-refractivity contribution in [3.8, 4) is 0 Å². The number of aliphatic hydroxyl groups is 1. The van der Waals surface area contributed by atoms with E-state index in [4.69, 9.17) is 5.11 Å². The average Bonchev–Trinajstić information content (AvgIpc) is 2.38. The maximum absolute atomic E-state index is 10.4. The molecule has 6 heteroatoms. The molecule has 6 nitrogen and oxygen atoms in total. The smallest absolute Gasteiger partial charge is 0.337 e. The van der Waals surface area contributed by atoms with Gasteiger partial charge in [0.25, 0.3) is 0 Å². The van der Waals surface area contributed by atoms with E-state index in [1.165, 1.54) is 24.1 Å². The van der Waals surface area contributed by atoms with Gasteiger partial charge in [0.2, 0.25) is 0 Å². The van der Waals surface area contributed by atoms with Gasteiger partial charge in [0.15, 0.2) is 5.60 Å². The van der Waals surface area contributed by atoms with E-state index in [-0.39, 0.29) is 6.54 Å². The Bertz CT molecular complexity index is 268. The fraction of sp³-hybridized carbons (Fsp3) is 0.500. The molecule has 1 atom stereocenters. The number of carbonyl (C=O) groups is 1. The van der Waals surface area contributed by atoms with Crippen LogP contribution in [0.25, 0.3) is 0 Å². The molecule has 0 aliphatic heterocycles. The minimum Gasteiger partial charge on any atom is -0.479 e. The van der Waals surface area contributed by atoms with Crippen molar-refractivity contribution in [2.75, 3.05) is 0 Å². The fourth-order valence-electron chi connectivity index (χ4n) is 0.727. The Morgan fingerprint density at radius 3 is 2.50 bits per heavy atom. The Hall–Kier alpha value is -1.43. The summed E-state index contributed by atoms with van der Waals surface area (Å²) in [7, 11) is 0. The van der Waals surface area contributed by atoms with Crippen LogP contribution in [-0.2, 0) is 11.3 Å². The van der Waals surface area contributed by atoms with E-state index in [2.05, 4.69) is 10.2 Å². The molecule has 1 heterocycles. The van der Waals surface area contributed by atoms with Gasteiger partial charge in [-0.25, -0.2) is 4.79 Å². The highest BCUT2D eigenvalue weighted by molar-refractivity contribution is 5.76. The van der Waals surface area contributed by atoms with E-state index < -0.39 is 11.6 Å². The molecule has 0 amide bonds. The van der Waals surface area contributed by atoms with Gasteiger partial charge in [0.05, 0.1) is 6.54 Å². The number of rotatable bonds is 3. The molecule has 66 valence electrons. The third kappa shape index (κ3) is 1.79. The Balaban J connectivity index is 2.69. The first-order valence-electron chi connectivity index (χ1n) is 3.30. The van der Waals surface area contributed by atoms with Crippen LogP contribution < -0.4 is 0 Å². The summed E-state index contributed by atoms with van der Waals surface area (Å²) >= 11 is 0. The minimum atomic E-state index is -1.78. The molecule has 12 heavy (non-hydrogen) atoms. The van der Waals surface area contributed by atoms with Gasteiger partial charge in [-0.3, -0.25) is 0 Å². The molecule has 0 saturated carbocycles. The molecule has 1 aromatic heterocycles. The largest absolute Gasteiger partial charge is 0.479 e. The average molecular weight is 171 g/mol. The highest BCUT2D eigenvalue weighted by atomic mass is 16.4. The van der Waals surface area contributed by atoms with E-state index in [0.717, 1.165) is 0 Å². The molecule has 0 bridgehead atoms. The predicted octanol–water partition coefficient (Wildman–Crippen LogP) is -0.886. The molecular formula is C6H9N3O3. The van der Waals surface area contributed by atoms with Gasteiger partial charge < -0.3 is 14.8 Å². The first-order chi connectivity index (χ1) is 5.52. The van der Waals surface area contributed by atoms with Crippen LogP contribution >= 0.6 is 0 Å². The third-order valence-electron chi connectivity index (χ3n) is 1.42. The van der Waals surface area contributed by atoms with Gasteiger partial charge in [0, 0.05) is 0 Å². The molecule has 1 unspecified atom stereocenters. The lowest BCUT2D eigenvalue weighted by Gasteiger charge is -2.17. The Kier molecular flexibility index (Phi) is 2.09. The molecule has 0 radical (unpaired) electrons. The van der Waals surface area contributed by atoms with E-state index in [1.807, 2.05) is 0 Å². The number of hydrogen-bond acceptors (Lipinski definition) is 4. The second-order valence-electron chi connectivity index (χ2n) is 2.71. The van der Waals surface area contributed by atoms with Crippen molar-refractivity contribution in [2.24, 2.45) is 0 Å². The lowest BCUT2D eigenvalue weighted by molar-refractivity contribution is -0.157. The van der Waals surface area contributed by atoms with Crippen LogP contribution in [-0.4, -0.2) is 36.5 Å². The number of nitrogens with zero attached hydrogens (tertiary/aromatic N) is 3. The van der Waals surface area contributed by atoms with Crippen molar-refractivity contribution in [1.82, 2.24) is 14.8 Å². The zero-order chi connectivity index (χ0) is 9.19. The van der Waals surface area contributed by atoms with Crippen molar-refractivity contribution in [2.45, 2.75) is 19.1 Å².